The number of para-hydroxylation sites is 1. The number of fused-ring (bicyclic) bond motifs is 4. The summed E-state index contributed by atoms with van der Waals surface area (Å²) in [5.74, 6) is 1.19. The number of aryl methyl sites for hydroxylation is 1. The van der Waals surface area contributed by atoms with Crippen LogP contribution >= 0.6 is 0 Å². The maximum atomic E-state index is 13.2. The number of pyridine rings is 1. The summed E-state index contributed by atoms with van der Waals surface area (Å²) < 4.78 is 10.8. The van der Waals surface area contributed by atoms with Crippen molar-refractivity contribution in [2.75, 3.05) is 6.79 Å². The summed E-state index contributed by atoms with van der Waals surface area (Å²) in [5.41, 5.74) is 6.14. The number of ether oxygens (including phenoxy) is 2. The molecule has 2 N–H and O–H groups in total. The van der Waals surface area contributed by atoms with Gasteiger partial charge in [0.2, 0.25) is 6.79 Å². The molecular formula is C27H21N3O3. The lowest BCUT2D eigenvalue weighted by atomic mass is 10.0. The van der Waals surface area contributed by atoms with Crippen LogP contribution < -0.4 is 14.8 Å². The van der Waals surface area contributed by atoms with Crippen LogP contribution in [-0.2, 0) is 6.54 Å². The molecule has 3 heterocycles. The Hall–Kier alpha value is -4.32. The number of amides is 1. The van der Waals surface area contributed by atoms with Gasteiger partial charge in [0.05, 0.1) is 11.2 Å². The van der Waals surface area contributed by atoms with Crippen molar-refractivity contribution in [1.82, 2.24) is 15.3 Å². The van der Waals surface area contributed by atoms with Crippen LogP contribution in [0.5, 0.6) is 11.5 Å². The van der Waals surface area contributed by atoms with E-state index < -0.39 is 0 Å². The molecule has 2 aromatic heterocycles. The molecule has 6 heteroatoms. The minimum absolute atomic E-state index is 0.224. The van der Waals surface area contributed by atoms with Gasteiger partial charge in [-0.05, 0) is 36.8 Å². The average molecular weight is 435 g/mol. The fourth-order valence-electron chi connectivity index (χ4n) is 4.21. The monoisotopic (exact) mass is 435 g/mol. The molecule has 1 amide bonds. The zero-order valence-corrected chi connectivity index (χ0v) is 18.0. The van der Waals surface area contributed by atoms with Gasteiger partial charge in [-0.25, -0.2) is 4.98 Å². The van der Waals surface area contributed by atoms with Crippen LogP contribution in [0, 0.1) is 6.92 Å². The van der Waals surface area contributed by atoms with Gasteiger partial charge in [0, 0.05) is 28.4 Å². The summed E-state index contributed by atoms with van der Waals surface area (Å²) in [6, 6.07) is 23.8. The second-order valence-corrected chi connectivity index (χ2v) is 8.19. The Morgan fingerprint density at radius 3 is 2.67 bits per heavy atom. The van der Waals surface area contributed by atoms with Crippen molar-refractivity contribution in [3.8, 4) is 22.8 Å². The van der Waals surface area contributed by atoms with E-state index in [0.717, 1.165) is 44.4 Å². The molecule has 33 heavy (non-hydrogen) atoms. The van der Waals surface area contributed by atoms with Crippen LogP contribution in [0.4, 0.5) is 0 Å². The van der Waals surface area contributed by atoms with Crippen molar-refractivity contribution >= 4 is 27.7 Å². The maximum absolute atomic E-state index is 13.2. The summed E-state index contributed by atoms with van der Waals surface area (Å²) in [7, 11) is 0. The number of benzene rings is 3. The SMILES string of the molecule is Cc1ccc(-c2nc(C(=O)NCc3ccc4c(c3)OCO4)cc3c2[nH]c2ccccc23)cc1. The van der Waals surface area contributed by atoms with Gasteiger partial charge in [0.15, 0.2) is 11.5 Å². The fourth-order valence-corrected chi connectivity index (χ4v) is 4.21. The highest BCUT2D eigenvalue weighted by molar-refractivity contribution is 6.13. The molecule has 1 aliphatic heterocycles. The Bertz CT molecular complexity index is 1520. The van der Waals surface area contributed by atoms with Crippen LogP contribution in [0.1, 0.15) is 21.6 Å². The van der Waals surface area contributed by atoms with Gasteiger partial charge in [0.1, 0.15) is 5.69 Å². The van der Waals surface area contributed by atoms with E-state index in [1.165, 1.54) is 5.56 Å². The van der Waals surface area contributed by atoms with Crippen molar-refractivity contribution in [1.29, 1.82) is 0 Å². The number of hydrogen-bond donors (Lipinski definition) is 2. The molecule has 0 unspecified atom stereocenters. The second-order valence-electron chi connectivity index (χ2n) is 8.19. The number of nitrogens with one attached hydrogen (secondary N) is 2. The van der Waals surface area contributed by atoms with Crippen molar-refractivity contribution in [3.05, 3.63) is 89.6 Å². The Balaban J connectivity index is 1.39. The van der Waals surface area contributed by atoms with Crippen molar-refractivity contribution in [3.63, 3.8) is 0 Å². The lowest BCUT2D eigenvalue weighted by molar-refractivity contribution is 0.0946. The molecule has 0 saturated carbocycles. The number of nitrogens with zero attached hydrogens (tertiary/aromatic N) is 1. The second kappa shape index (κ2) is 7.67. The average Bonchev–Trinajstić information content (AvgIpc) is 3.46. The molecule has 162 valence electrons. The Kier molecular flexibility index (Phi) is 4.50. The minimum Gasteiger partial charge on any atom is -0.454 e. The Morgan fingerprint density at radius 1 is 0.970 bits per heavy atom. The summed E-state index contributed by atoms with van der Waals surface area (Å²) in [5, 5.41) is 5.03. The predicted molar refractivity (Wildman–Crippen MR) is 128 cm³/mol. The topological polar surface area (TPSA) is 76.2 Å². The lowest BCUT2D eigenvalue weighted by Gasteiger charge is -2.09. The molecule has 0 fully saturated rings. The number of aromatic nitrogens is 2. The first-order chi connectivity index (χ1) is 16.2. The molecule has 0 radical (unpaired) electrons. The van der Waals surface area contributed by atoms with Gasteiger partial charge in [0.25, 0.3) is 5.91 Å². The standard InChI is InChI=1S/C27H21N3O3/c1-16-6-9-18(10-7-16)25-26-20(19-4-2-3-5-21(19)29-26)13-22(30-25)27(31)28-14-17-8-11-23-24(12-17)33-15-32-23/h2-13,29H,14-15H2,1H3,(H,28,31). The van der Waals surface area contributed by atoms with E-state index in [9.17, 15) is 4.79 Å². The third-order valence-corrected chi connectivity index (χ3v) is 5.94. The van der Waals surface area contributed by atoms with E-state index in [2.05, 4.69) is 35.4 Å². The largest absolute Gasteiger partial charge is 0.454 e. The molecule has 6 nitrogen and oxygen atoms in total. The minimum atomic E-state index is -0.229. The molecule has 6 rings (SSSR count). The van der Waals surface area contributed by atoms with E-state index in [4.69, 9.17) is 14.5 Å². The van der Waals surface area contributed by atoms with Crippen molar-refractivity contribution in [2.24, 2.45) is 0 Å². The van der Waals surface area contributed by atoms with Gasteiger partial charge >= 0.3 is 0 Å². The summed E-state index contributed by atoms with van der Waals surface area (Å²) in [4.78, 5) is 21.4. The highest BCUT2D eigenvalue weighted by atomic mass is 16.7. The highest BCUT2D eigenvalue weighted by Gasteiger charge is 2.18. The van der Waals surface area contributed by atoms with Gasteiger partial charge in [-0.3, -0.25) is 4.79 Å². The van der Waals surface area contributed by atoms with E-state index in [-0.39, 0.29) is 12.7 Å². The van der Waals surface area contributed by atoms with E-state index >= 15 is 0 Å². The zero-order valence-electron chi connectivity index (χ0n) is 18.0. The Morgan fingerprint density at radius 2 is 1.79 bits per heavy atom. The number of rotatable bonds is 4. The van der Waals surface area contributed by atoms with Gasteiger partial charge in [-0.1, -0.05) is 54.1 Å². The summed E-state index contributed by atoms with van der Waals surface area (Å²) in [6.45, 7) is 2.64. The predicted octanol–water partition coefficient (Wildman–Crippen LogP) is 5.35. The van der Waals surface area contributed by atoms with E-state index in [1.807, 2.05) is 54.6 Å². The quantitative estimate of drug-likeness (QED) is 0.399. The number of carbonyl (C=O) groups is 1. The number of H-pyrrole nitrogens is 1. The lowest BCUT2D eigenvalue weighted by Crippen LogP contribution is -2.24. The molecule has 3 aromatic carbocycles. The van der Waals surface area contributed by atoms with Crippen LogP contribution in [-0.4, -0.2) is 22.7 Å². The number of carbonyl (C=O) groups excluding carboxylic acids is 1. The highest BCUT2D eigenvalue weighted by Crippen LogP contribution is 2.34. The molecule has 0 atom stereocenters. The molecule has 0 saturated heterocycles. The summed E-state index contributed by atoms with van der Waals surface area (Å²) in [6.07, 6.45) is 0. The van der Waals surface area contributed by atoms with Crippen molar-refractivity contribution < 1.29 is 14.3 Å². The van der Waals surface area contributed by atoms with E-state index in [1.54, 1.807) is 0 Å². The number of hydrogen-bond acceptors (Lipinski definition) is 4. The van der Waals surface area contributed by atoms with Crippen LogP contribution in [0.25, 0.3) is 33.1 Å². The first-order valence-electron chi connectivity index (χ1n) is 10.8. The molecule has 0 aliphatic carbocycles. The smallest absolute Gasteiger partial charge is 0.270 e. The van der Waals surface area contributed by atoms with Crippen LogP contribution in [0.3, 0.4) is 0 Å². The third-order valence-electron chi connectivity index (χ3n) is 5.94. The molecule has 0 spiro atoms. The number of aromatic amines is 1. The third kappa shape index (κ3) is 3.46. The van der Waals surface area contributed by atoms with Crippen LogP contribution in [0.15, 0.2) is 72.8 Å². The first-order valence-corrected chi connectivity index (χ1v) is 10.8. The van der Waals surface area contributed by atoms with Gasteiger partial charge in [-0.15, -0.1) is 0 Å². The molecular weight excluding hydrogens is 414 g/mol. The first kappa shape index (κ1) is 19.4. The molecule has 5 aromatic rings. The van der Waals surface area contributed by atoms with E-state index in [0.29, 0.717) is 18.0 Å². The van der Waals surface area contributed by atoms with Gasteiger partial charge in [-0.2, -0.15) is 0 Å². The van der Waals surface area contributed by atoms with Gasteiger partial charge < -0.3 is 19.8 Å². The molecule has 1 aliphatic rings. The normalized spacial score (nSPS) is 12.4. The zero-order chi connectivity index (χ0) is 22.4. The van der Waals surface area contributed by atoms with Crippen LogP contribution in [0.2, 0.25) is 0 Å². The Labute approximate surface area is 190 Å². The van der Waals surface area contributed by atoms with Crippen molar-refractivity contribution in [2.45, 2.75) is 13.5 Å². The molecule has 0 bridgehead atoms. The summed E-state index contributed by atoms with van der Waals surface area (Å²) >= 11 is 0. The maximum Gasteiger partial charge on any atom is 0.270 e. The fraction of sp³-hybridized carbons (Fsp3) is 0.111.